The maximum Gasteiger partial charge on any atom is 0.407 e. The van der Waals surface area contributed by atoms with Crippen LogP contribution < -0.4 is 5.32 Å². The highest BCUT2D eigenvalue weighted by molar-refractivity contribution is 5.67. The Morgan fingerprint density at radius 2 is 1.82 bits per heavy atom. The summed E-state index contributed by atoms with van der Waals surface area (Å²) in [6.45, 7) is 1.08. The van der Waals surface area contributed by atoms with Gasteiger partial charge in [-0.25, -0.2) is 4.79 Å². The van der Waals surface area contributed by atoms with Gasteiger partial charge in [-0.15, -0.1) is 0 Å². The van der Waals surface area contributed by atoms with Crippen LogP contribution in [0.5, 0.6) is 0 Å². The number of rotatable bonds is 8. The van der Waals surface area contributed by atoms with E-state index in [-0.39, 0.29) is 13.0 Å². The van der Waals surface area contributed by atoms with Crippen LogP contribution in [0.4, 0.5) is 4.79 Å². The van der Waals surface area contributed by atoms with Crippen LogP contribution in [0.3, 0.4) is 0 Å². The summed E-state index contributed by atoms with van der Waals surface area (Å²) in [5.41, 5.74) is 0.792. The van der Waals surface area contributed by atoms with E-state index < -0.39 is 37.1 Å². The fourth-order valence-electron chi connectivity index (χ4n) is 1.86. The molecule has 0 aliphatic rings. The van der Waals surface area contributed by atoms with Gasteiger partial charge in [0.1, 0.15) is 18.8 Å². The fraction of sp³-hybridized carbons (Fsp3) is 0.533. The Kier molecular flexibility index (Phi) is 7.83. The summed E-state index contributed by atoms with van der Waals surface area (Å²) in [6.07, 6.45) is -4.73. The first-order chi connectivity index (χ1) is 10.5. The van der Waals surface area contributed by atoms with E-state index in [0.717, 1.165) is 5.56 Å². The van der Waals surface area contributed by atoms with E-state index in [0.29, 0.717) is 0 Å². The van der Waals surface area contributed by atoms with Gasteiger partial charge >= 0.3 is 6.09 Å². The van der Waals surface area contributed by atoms with E-state index in [1.54, 1.807) is 31.2 Å². The standard InChI is InChI=1S/C15H23NO6/c1-2-12(18)14(20)13(19)11(8-17)16-15(21)22-9-10-6-4-3-5-7-10/h3-7,11-14,17-20H,2,8-9H2,1H3,(H,16,21)/t11-,12+,13-,14-/m1/s1. The van der Waals surface area contributed by atoms with Gasteiger partial charge in [-0.1, -0.05) is 37.3 Å². The minimum Gasteiger partial charge on any atom is -0.445 e. The van der Waals surface area contributed by atoms with Crippen molar-refractivity contribution in [3.63, 3.8) is 0 Å². The zero-order valence-corrected chi connectivity index (χ0v) is 12.4. The number of aliphatic hydroxyl groups excluding tert-OH is 4. The molecule has 1 amide bonds. The van der Waals surface area contributed by atoms with Crippen molar-refractivity contribution in [2.45, 2.75) is 44.3 Å². The highest BCUT2D eigenvalue weighted by Gasteiger charge is 2.31. The normalized spacial score (nSPS) is 16.4. The number of carbonyl (C=O) groups is 1. The van der Waals surface area contributed by atoms with Crippen molar-refractivity contribution in [1.29, 1.82) is 0 Å². The van der Waals surface area contributed by atoms with Crippen molar-refractivity contribution in [2.24, 2.45) is 0 Å². The second-order valence-electron chi connectivity index (χ2n) is 4.95. The first-order valence-corrected chi connectivity index (χ1v) is 7.11. The Morgan fingerprint density at radius 3 is 2.36 bits per heavy atom. The number of benzene rings is 1. The van der Waals surface area contributed by atoms with E-state index in [9.17, 15) is 25.2 Å². The highest BCUT2D eigenvalue weighted by Crippen LogP contribution is 2.08. The second-order valence-corrected chi connectivity index (χ2v) is 4.95. The molecule has 0 heterocycles. The summed E-state index contributed by atoms with van der Waals surface area (Å²) in [4.78, 5) is 11.7. The third-order valence-electron chi connectivity index (χ3n) is 3.29. The van der Waals surface area contributed by atoms with Gasteiger partial charge in [-0.2, -0.15) is 0 Å². The molecule has 124 valence electrons. The van der Waals surface area contributed by atoms with Crippen molar-refractivity contribution in [3.8, 4) is 0 Å². The Labute approximate surface area is 129 Å². The molecule has 7 heteroatoms. The third-order valence-corrected chi connectivity index (χ3v) is 3.29. The van der Waals surface area contributed by atoms with Gasteiger partial charge in [0.05, 0.1) is 18.8 Å². The van der Waals surface area contributed by atoms with Crippen molar-refractivity contribution >= 4 is 6.09 Å². The van der Waals surface area contributed by atoms with Crippen LogP contribution in [0.1, 0.15) is 18.9 Å². The minimum atomic E-state index is -1.51. The first-order valence-electron chi connectivity index (χ1n) is 7.11. The zero-order chi connectivity index (χ0) is 16.5. The lowest BCUT2D eigenvalue weighted by Gasteiger charge is -2.28. The summed E-state index contributed by atoms with van der Waals surface area (Å²) in [6, 6.07) is 7.88. The average molecular weight is 313 g/mol. The number of alkyl carbamates (subject to hydrolysis) is 1. The van der Waals surface area contributed by atoms with Crippen LogP contribution >= 0.6 is 0 Å². The lowest BCUT2D eigenvalue weighted by atomic mass is 10.00. The summed E-state index contributed by atoms with van der Waals surface area (Å²) in [5.74, 6) is 0. The molecule has 22 heavy (non-hydrogen) atoms. The second kappa shape index (κ2) is 9.37. The third kappa shape index (κ3) is 5.61. The molecule has 5 N–H and O–H groups in total. The molecule has 0 saturated carbocycles. The summed E-state index contributed by atoms with van der Waals surface area (Å²) < 4.78 is 4.96. The topological polar surface area (TPSA) is 119 Å². The highest BCUT2D eigenvalue weighted by atomic mass is 16.5. The monoisotopic (exact) mass is 313 g/mol. The predicted molar refractivity (Wildman–Crippen MR) is 78.9 cm³/mol. The van der Waals surface area contributed by atoms with Gasteiger partial charge < -0.3 is 30.5 Å². The molecule has 1 rings (SSSR count). The zero-order valence-electron chi connectivity index (χ0n) is 12.4. The fourth-order valence-corrected chi connectivity index (χ4v) is 1.86. The van der Waals surface area contributed by atoms with Crippen LogP contribution in [0.2, 0.25) is 0 Å². The molecule has 0 aromatic heterocycles. The first kappa shape index (κ1) is 18.4. The molecule has 7 nitrogen and oxygen atoms in total. The molecule has 0 saturated heterocycles. The lowest BCUT2D eigenvalue weighted by Crippen LogP contribution is -2.53. The number of ether oxygens (including phenoxy) is 1. The lowest BCUT2D eigenvalue weighted by molar-refractivity contribution is -0.0779. The Morgan fingerprint density at radius 1 is 1.18 bits per heavy atom. The van der Waals surface area contributed by atoms with Crippen LogP contribution in [-0.2, 0) is 11.3 Å². The van der Waals surface area contributed by atoms with E-state index in [2.05, 4.69) is 5.32 Å². The van der Waals surface area contributed by atoms with Crippen LogP contribution in [0, 0.1) is 0 Å². The summed E-state index contributed by atoms with van der Waals surface area (Å²) in [5, 5.41) is 40.5. The maximum absolute atomic E-state index is 11.7. The van der Waals surface area contributed by atoms with Crippen molar-refractivity contribution in [3.05, 3.63) is 35.9 Å². The summed E-state index contributed by atoms with van der Waals surface area (Å²) in [7, 11) is 0. The minimum absolute atomic E-state index is 0.0427. The molecule has 0 bridgehead atoms. The molecule has 4 atom stereocenters. The van der Waals surface area contributed by atoms with Gasteiger partial charge in [-0.05, 0) is 12.0 Å². The maximum atomic E-state index is 11.7. The molecule has 1 aromatic rings. The number of aliphatic hydroxyl groups is 4. The predicted octanol–water partition coefficient (Wildman–Crippen LogP) is -0.234. The molecule has 0 fully saturated rings. The SMILES string of the molecule is CC[C@H](O)[C@@H](O)[C@H](O)[C@@H](CO)NC(=O)OCc1ccccc1. The molecular formula is C15H23NO6. The molecule has 0 aliphatic carbocycles. The molecule has 1 aromatic carbocycles. The van der Waals surface area contributed by atoms with Crippen LogP contribution in [0.15, 0.2) is 30.3 Å². The largest absolute Gasteiger partial charge is 0.445 e. The van der Waals surface area contributed by atoms with Gasteiger partial charge in [0, 0.05) is 0 Å². The number of carbonyl (C=O) groups excluding carboxylic acids is 1. The molecule has 0 aliphatic heterocycles. The molecule has 0 unspecified atom stereocenters. The van der Waals surface area contributed by atoms with Crippen molar-refractivity contribution in [1.82, 2.24) is 5.32 Å². The van der Waals surface area contributed by atoms with Crippen LogP contribution in [-0.4, -0.2) is 57.5 Å². The van der Waals surface area contributed by atoms with E-state index in [1.165, 1.54) is 0 Å². The van der Waals surface area contributed by atoms with E-state index >= 15 is 0 Å². The molecule has 0 spiro atoms. The Bertz CT molecular complexity index is 441. The molecule has 0 radical (unpaired) electrons. The van der Waals surface area contributed by atoms with Crippen LogP contribution in [0.25, 0.3) is 0 Å². The van der Waals surface area contributed by atoms with Gasteiger partial charge in [0.15, 0.2) is 0 Å². The quantitative estimate of drug-likeness (QED) is 0.452. The molecular weight excluding hydrogens is 290 g/mol. The van der Waals surface area contributed by atoms with E-state index in [1.807, 2.05) is 6.07 Å². The number of hydrogen-bond donors (Lipinski definition) is 5. The number of hydrogen-bond acceptors (Lipinski definition) is 6. The number of amides is 1. The average Bonchev–Trinajstić information content (AvgIpc) is 2.56. The summed E-state index contributed by atoms with van der Waals surface area (Å²) >= 11 is 0. The van der Waals surface area contributed by atoms with Gasteiger partial charge in [0.25, 0.3) is 0 Å². The smallest absolute Gasteiger partial charge is 0.407 e. The van der Waals surface area contributed by atoms with Crippen molar-refractivity contribution in [2.75, 3.05) is 6.61 Å². The van der Waals surface area contributed by atoms with E-state index in [4.69, 9.17) is 4.74 Å². The van der Waals surface area contributed by atoms with Gasteiger partial charge in [-0.3, -0.25) is 0 Å². The Balaban J connectivity index is 2.49. The number of nitrogens with one attached hydrogen (secondary N) is 1. The van der Waals surface area contributed by atoms with Gasteiger partial charge in [0.2, 0.25) is 0 Å². The van der Waals surface area contributed by atoms with Crippen molar-refractivity contribution < 1.29 is 30.0 Å². The Hall–Kier alpha value is -1.67.